The maximum absolute atomic E-state index is 15.1. The quantitative estimate of drug-likeness (QED) is 0.0139. The first-order chi connectivity index (χ1) is 49.2. The SMILES string of the molecule is CCC1C=CC(NC(=O)OCc2ccccc2)C(OC2C(CC)OC(OC3C(O)C(NC(=O)C(CCNC(=O)OCc4ccccc4)OC(=O)c4ccccc4)CC(N(C)C(=O)OCc4ccccc4)C3OC3OC(COCc4ccccc4)C=CC3NC(=O)OCc3ccccc3)C2O)O1. The summed E-state index contributed by atoms with van der Waals surface area (Å²) in [5.74, 6) is -1.82. The van der Waals surface area contributed by atoms with Gasteiger partial charge in [0.05, 0.1) is 43.1 Å². The topological polar surface area (TPSA) is 305 Å². The Balaban J connectivity index is 0.976. The lowest BCUT2D eigenvalue weighted by molar-refractivity contribution is -0.288. The highest BCUT2D eigenvalue weighted by Crippen LogP contribution is 2.37. The number of hydrogen-bond donors (Lipinski definition) is 6. The molecule has 0 spiro atoms. The maximum atomic E-state index is 15.1. The van der Waals surface area contributed by atoms with Crippen molar-refractivity contribution in [3.63, 3.8) is 0 Å². The van der Waals surface area contributed by atoms with Crippen molar-refractivity contribution in [1.82, 2.24) is 26.2 Å². The first kappa shape index (κ1) is 74.2. The van der Waals surface area contributed by atoms with Crippen LogP contribution in [-0.2, 0) is 94.7 Å². The van der Waals surface area contributed by atoms with Gasteiger partial charge in [-0.25, -0.2) is 24.0 Å². The van der Waals surface area contributed by atoms with E-state index in [1.807, 2.05) is 85.8 Å². The number of nitrogens with zero attached hydrogens (tertiary/aromatic N) is 1. The molecule has 16 atom stereocenters. The molecule has 25 nitrogen and oxygen atoms in total. The number of rotatable bonds is 30. The molecule has 0 radical (unpaired) electrons. The number of aliphatic hydroxyl groups excluding tert-OH is 2. The molecular weight excluding hydrogens is 1300 g/mol. The number of aliphatic hydroxyl groups is 2. The molecule has 0 aromatic heterocycles. The number of alkyl carbamates (subject to hydrolysis) is 3. The van der Waals surface area contributed by atoms with Crippen molar-refractivity contribution in [2.24, 2.45) is 0 Å². The van der Waals surface area contributed by atoms with Crippen LogP contribution in [0.3, 0.4) is 0 Å². The van der Waals surface area contributed by atoms with Crippen molar-refractivity contribution >= 4 is 36.2 Å². The third-order valence-corrected chi connectivity index (χ3v) is 17.3. The largest absolute Gasteiger partial charge is 0.449 e. The van der Waals surface area contributed by atoms with Crippen LogP contribution < -0.4 is 21.3 Å². The third-order valence-electron chi connectivity index (χ3n) is 17.3. The van der Waals surface area contributed by atoms with Gasteiger partial charge in [0.2, 0.25) is 0 Å². The zero-order chi connectivity index (χ0) is 70.9. The van der Waals surface area contributed by atoms with Crippen LogP contribution in [0.25, 0.3) is 0 Å². The van der Waals surface area contributed by atoms with Gasteiger partial charge in [0, 0.05) is 20.0 Å². The number of likely N-dealkylation sites (N-methyl/N-ethyl adjacent to an activating group) is 1. The lowest BCUT2D eigenvalue weighted by atomic mass is 9.82. The highest BCUT2D eigenvalue weighted by Gasteiger charge is 2.55. The zero-order valence-corrected chi connectivity index (χ0v) is 56.3. The molecule has 6 aromatic carbocycles. The average Bonchev–Trinajstić information content (AvgIpc) is 1.70. The Morgan fingerprint density at radius 3 is 1.47 bits per heavy atom. The summed E-state index contributed by atoms with van der Waals surface area (Å²) in [5, 5.41) is 37.0. The summed E-state index contributed by atoms with van der Waals surface area (Å²) in [5.41, 5.74) is 3.84. The van der Waals surface area contributed by atoms with Gasteiger partial charge in [-0.2, -0.15) is 0 Å². The molecule has 1 saturated heterocycles. The predicted molar refractivity (Wildman–Crippen MR) is 364 cm³/mol. The van der Waals surface area contributed by atoms with Crippen LogP contribution in [0.15, 0.2) is 206 Å². The Hall–Kier alpha value is -9.54. The summed E-state index contributed by atoms with van der Waals surface area (Å²) in [6, 6.07) is 48.6. The second-order valence-electron chi connectivity index (χ2n) is 24.6. The molecule has 16 unspecified atom stereocenters. The summed E-state index contributed by atoms with van der Waals surface area (Å²) in [6.45, 7) is 3.30. The molecule has 6 N–H and O–H groups in total. The van der Waals surface area contributed by atoms with Crippen LogP contribution in [0.4, 0.5) is 19.2 Å². The molecular formula is C76H87N5O20. The van der Waals surface area contributed by atoms with Crippen molar-refractivity contribution in [3.8, 4) is 0 Å². The Labute approximate surface area is 586 Å². The van der Waals surface area contributed by atoms with Crippen molar-refractivity contribution in [3.05, 3.63) is 240 Å². The van der Waals surface area contributed by atoms with E-state index >= 15 is 4.79 Å². The van der Waals surface area contributed by atoms with Gasteiger partial charge in [-0.05, 0) is 59.2 Å². The van der Waals surface area contributed by atoms with Crippen LogP contribution in [0, 0.1) is 0 Å². The van der Waals surface area contributed by atoms with Crippen molar-refractivity contribution in [2.45, 2.75) is 171 Å². The lowest BCUT2D eigenvalue weighted by Gasteiger charge is -2.49. The molecule has 10 rings (SSSR count). The standard InChI is InChI=1S/C76H87N5O20/c1-4-55-36-38-57(79-74(87)92-45-51-28-16-8-17-29-51)70(95-55)100-66-61(5-2)98-72(64(66)83)101-67-63(82)59(78-68(84)62(97-69(85)54-34-22-11-23-35-54)40-41-77-73(86)91-44-50-26-14-7-15-27-50)42-60(81(3)76(89)94-47-53-32-20-10-21-33-53)65(67)99-71-58(80-75(88)93-46-52-30-18-9-19-31-52)39-37-56(96-71)48-90-43-49-24-12-6-13-25-49/h6-39,55-67,70-72,82-83H,4-5,40-48H2,1-3H3,(H,77,86)(H,78,84)(H,79,87)(H,80,88). The number of nitrogens with one attached hydrogen (secondary N) is 4. The van der Waals surface area contributed by atoms with Gasteiger partial charge >= 0.3 is 30.3 Å². The second-order valence-corrected chi connectivity index (χ2v) is 24.6. The van der Waals surface area contributed by atoms with E-state index in [0.717, 1.165) is 16.7 Å². The zero-order valence-electron chi connectivity index (χ0n) is 56.3. The minimum absolute atomic E-state index is 0.0139. The summed E-state index contributed by atoms with van der Waals surface area (Å²) < 4.78 is 75.0. The fraction of sp³-hybridized carbons (Fsp3) is 0.395. The fourth-order valence-electron chi connectivity index (χ4n) is 11.9. The van der Waals surface area contributed by atoms with Gasteiger partial charge in [0.1, 0.15) is 75.1 Å². The van der Waals surface area contributed by atoms with Gasteiger partial charge in [-0.1, -0.05) is 208 Å². The van der Waals surface area contributed by atoms with Gasteiger partial charge in [-0.3, -0.25) is 4.79 Å². The molecule has 1 saturated carbocycles. The first-order valence-corrected chi connectivity index (χ1v) is 33.8. The molecule has 5 amide bonds. The minimum atomic E-state index is -1.87. The Kier molecular flexibility index (Phi) is 27.7. The number of carbonyl (C=O) groups is 6. The number of hydrogen-bond acceptors (Lipinski definition) is 20. The van der Waals surface area contributed by atoms with E-state index in [2.05, 4.69) is 21.3 Å². The van der Waals surface area contributed by atoms with Crippen LogP contribution in [-0.4, -0.2) is 170 Å². The molecule has 2 fully saturated rings. The van der Waals surface area contributed by atoms with Crippen molar-refractivity contribution in [1.29, 1.82) is 0 Å². The highest BCUT2D eigenvalue weighted by molar-refractivity contribution is 5.92. The van der Waals surface area contributed by atoms with Crippen LogP contribution >= 0.6 is 0 Å². The number of benzene rings is 6. The molecule has 0 bridgehead atoms. The van der Waals surface area contributed by atoms with Gasteiger partial charge < -0.3 is 93.2 Å². The van der Waals surface area contributed by atoms with Crippen LogP contribution in [0.1, 0.15) is 77.7 Å². The molecule has 6 aromatic rings. The number of esters is 1. The normalized spacial score (nSPS) is 25.5. The molecule has 4 aliphatic rings. The van der Waals surface area contributed by atoms with Crippen LogP contribution in [0.2, 0.25) is 0 Å². The average molecular weight is 1390 g/mol. The molecule has 101 heavy (non-hydrogen) atoms. The Morgan fingerprint density at radius 1 is 0.495 bits per heavy atom. The van der Waals surface area contributed by atoms with Crippen molar-refractivity contribution < 1.29 is 95.8 Å². The van der Waals surface area contributed by atoms with Gasteiger partial charge in [0.25, 0.3) is 5.91 Å². The third kappa shape index (κ3) is 21.7. The fourth-order valence-corrected chi connectivity index (χ4v) is 11.9. The Bertz CT molecular complexity index is 3630. The van der Waals surface area contributed by atoms with Crippen LogP contribution in [0.5, 0.6) is 0 Å². The van der Waals surface area contributed by atoms with E-state index in [0.29, 0.717) is 17.5 Å². The second kappa shape index (κ2) is 37.8. The smallest absolute Gasteiger partial charge is 0.410 e. The molecule has 1 aliphatic carbocycles. The number of amides is 5. The van der Waals surface area contributed by atoms with E-state index in [1.165, 1.54) is 24.1 Å². The summed E-state index contributed by atoms with van der Waals surface area (Å²) in [4.78, 5) is 85.3. The monoisotopic (exact) mass is 1390 g/mol. The Morgan fingerprint density at radius 2 is 0.950 bits per heavy atom. The van der Waals surface area contributed by atoms with E-state index in [1.54, 1.807) is 122 Å². The summed E-state index contributed by atoms with van der Waals surface area (Å²) >= 11 is 0. The molecule has 25 heteroatoms. The first-order valence-electron chi connectivity index (χ1n) is 33.8. The molecule has 3 aliphatic heterocycles. The summed E-state index contributed by atoms with van der Waals surface area (Å²) in [6.07, 6.45) is -12.8. The maximum Gasteiger partial charge on any atom is 0.410 e. The molecule has 536 valence electrons. The lowest BCUT2D eigenvalue weighted by Crippen LogP contribution is -2.68. The van der Waals surface area contributed by atoms with Gasteiger partial charge in [0.15, 0.2) is 25.0 Å². The summed E-state index contributed by atoms with van der Waals surface area (Å²) in [7, 11) is 1.43. The minimum Gasteiger partial charge on any atom is -0.449 e. The molecule has 3 heterocycles. The number of carbonyl (C=O) groups excluding carboxylic acids is 6. The predicted octanol–water partition coefficient (Wildman–Crippen LogP) is 8.85. The van der Waals surface area contributed by atoms with E-state index in [-0.39, 0.29) is 71.0 Å². The van der Waals surface area contributed by atoms with E-state index in [4.69, 9.17) is 56.8 Å². The van der Waals surface area contributed by atoms with Gasteiger partial charge in [-0.15, -0.1) is 0 Å². The van der Waals surface area contributed by atoms with Crippen molar-refractivity contribution in [2.75, 3.05) is 20.2 Å². The van der Waals surface area contributed by atoms with E-state index in [9.17, 15) is 34.2 Å². The number of ether oxygens (including phenoxy) is 12. The van der Waals surface area contributed by atoms with E-state index < -0.39 is 134 Å². The highest BCUT2D eigenvalue weighted by atomic mass is 16.8.